The van der Waals surface area contributed by atoms with Crippen molar-refractivity contribution in [3.05, 3.63) is 47.2 Å². The lowest BCUT2D eigenvalue weighted by Gasteiger charge is -2.16. The molecule has 21 heavy (non-hydrogen) atoms. The standard InChI is InChI=1S/C18H23NO2/c20-12-17-15-7-6-14-11-19(10-13-4-2-1-3-5-13)21-18(14)9-8-16(15)17/h1-5,15-17,20H,6-12H2. The van der Waals surface area contributed by atoms with Gasteiger partial charge in [-0.25, -0.2) is 0 Å². The van der Waals surface area contributed by atoms with Crippen LogP contribution in [0.5, 0.6) is 0 Å². The maximum absolute atomic E-state index is 9.38. The highest BCUT2D eigenvalue weighted by Crippen LogP contribution is 2.54. The Labute approximate surface area is 126 Å². The first-order chi connectivity index (χ1) is 10.3. The van der Waals surface area contributed by atoms with Gasteiger partial charge in [0, 0.05) is 13.0 Å². The van der Waals surface area contributed by atoms with E-state index in [-0.39, 0.29) is 0 Å². The van der Waals surface area contributed by atoms with Crippen LogP contribution in [0.2, 0.25) is 0 Å². The average molecular weight is 285 g/mol. The molecule has 1 N–H and O–H groups in total. The van der Waals surface area contributed by atoms with Crippen LogP contribution in [-0.4, -0.2) is 23.3 Å². The SMILES string of the molecule is OCC1C2CCC3=C(CCC12)ON(Cc1ccccc1)C3. The van der Waals surface area contributed by atoms with Crippen LogP contribution in [0.25, 0.3) is 0 Å². The molecule has 1 aromatic rings. The van der Waals surface area contributed by atoms with Gasteiger partial charge in [0.25, 0.3) is 0 Å². The molecule has 3 nitrogen and oxygen atoms in total. The molecule has 0 spiro atoms. The van der Waals surface area contributed by atoms with Gasteiger partial charge in [0.2, 0.25) is 0 Å². The molecule has 3 atom stereocenters. The number of fused-ring (bicyclic) bond motifs is 1. The quantitative estimate of drug-likeness (QED) is 0.926. The number of hydrogen-bond acceptors (Lipinski definition) is 3. The fourth-order valence-electron chi connectivity index (χ4n) is 4.16. The minimum atomic E-state index is 0.376. The van der Waals surface area contributed by atoms with Crippen molar-refractivity contribution in [2.75, 3.05) is 13.2 Å². The number of rotatable bonds is 3. The largest absolute Gasteiger partial charge is 0.410 e. The maximum atomic E-state index is 9.38. The van der Waals surface area contributed by atoms with Crippen molar-refractivity contribution in [2.45, 2.75) is 32.2 Å². The minimum Gasteiger partial charge on any atom is -0.410 e. The molecule has 3 heteroatoms. The Morgan fingerprint density at radius 1 is 1.10 bits per heavy atom. The number of nitrogens with zero attached hydrogens (tertiary/aromatic N) is 1. The molecule has 1 aromatic carbocycles. The summed E-state index contributed by atoms with van der Waals surface area (Å²) in [6.07, 6.45) is 4.63. The summed E-state index contributed by atoms with van der Waals surface area (Å²) >= 11 is 0. The zero-order chi connectivity index (χ0) is 14.2. The topological polar surface area (TPSA) is 32.7 Å². The van der Waals surface area contributed by atoms with Gasteiger partial charge in [-0.2, -0.15) is 0 Å². The molecule has 2 aliphatic carbocycles. The third kappa shape index (κ3) is 2.60. The van der Waals surface area contributed by atoms with Gasteiger partial charge in [-0.15, -0.1) is 5.06 Å². The normalized spacial score (nSPS) is 32.0. The fraction of sp³-hybridized carbons (Fsp3) is 0.556. The Hall–Kier alpha value is -1.32. The molecule has 0 radical (unpaired) electrons. The average Bonchev–Trinajstić information content (AvgIpc) is 3.04. The van der Waals surface area contributed by atoms with Crippen molar-refractivity contribution in [1.29, 1.82) is 0 Å². The number of aliphatic hydroxyl groups excluding tert-OH is 1. The Kier molecular flexibility index (Phi) is 3.48. The van der Waals surface area contributed by atoms with E-state index in [0.29, 0.717) is 12.5 Å². The molecule has 0 saturated heterocycles. The molecule has 1 saturated carbocycles. The lowest BCUT2D eigenvalue weighted by atomic mass is 9.99. The van der Waals surface area contributed by atoms with E-state index >= 15 is 0 Å². The van der Waals surface area contributed by atoms with Gasteiger partial charge in [0.05, 0.1) is 13.1 Å². The van der Waals surface area contributed by atoms with E-state index in [1.54, 1.807) is 0 Å². The van der Waals surface area contributed by atoms with Crippen LogP contribution in [0, 0.1) is 17.8 Å². The second-order valence-corrected chi connectivity index (χ2v) is 6.65. The van der Waals surface area contributed by atoms with E-state index in [1.807, 2.05) is 0 Å². The summed E-state index contributed by atoms with van der Waals surface area (Å²) in [6, 6.07) is 10.5. The monoisotopic (exact) mass is 285 g/mol. The van der Waals surface area contributed by atoms with Crippen molar-refractivity contribution >= 4 is 0 Å². The van der Waals surface area contributed by atoms with Gasteiger partial charge in [0.1, 0.15) is 5.76 Å². The number of aliphatic hydroxyl groups is 1. The lowest BCUT2D eigenvalue weighted by Crippen LogP contribution is -2.19. The van der Waals surface area contributed by atoms with Gasteiger partial charge in [-0.3, -0.25) is 0 Å². The molecule has 112 valence electrons. The van der Waals surface area contributed by atoms with Crippen LogP contribution in [0.4, 0.5) is 0 Å². The molecular weight excluding hydrogens is 262 g/mol. The third-order valence-electron chi connectivity index (χ3n) is 5.41. The van der Waals surface area contributed by atoms with E-state index < -0.39 is 0 Å². The fourth-order valence-corrected chi connectivity index (χ4v) is 4.16. The van der Waals surface area contributed by atoms with Gasteiger partial charge >= 0.3 is 0 Å². The van der Waals surface area contributed by atoms with Crippen molar-refractivity contribution < 1.29 is 9.94 Å². The highest BCUT2D eigenvalue weighted by Gasteiger charge is 2.49. The Bertz CT molecular complexity index is 513. The summed E-state index contributed by atoms with van der Waals surface area (Å²) in [7, 11) is 0. The summed E-state index contributed by atoms with van der Waals surface area (Å²) in [5.41, 5.74) is 2.80. The van der Waals surface area contributed by atoms with E-state index in [9.17, 15) is 5.11 Å². The number of benzene rings is 1. The predicted octanol–water partition coefficient (Wildman–Crippen LogP) is 3.12. The highest BCUT2D eigenvalue weighted by molar-refractivity contribution is 5.19. The maximum Gasteiger partial charge on any atom is 0.125 e. The third-order valence-corrected chi connectivity index (χ3v) is 5.41. The molecule has 1 aliphatic heterocycles. The van der Waals surface area contributed by atoms with Crippen molar-refractivity contribution in [3.8, 4) is 0 Å². The molecule has 0 amide bonds. The zero-order valence-electron chi connectivity index (χ0n) is 12.4. The molecule has 0 aromatic heterocycles. The number of hydrogen-bond donors (Lipinski definition) is 1. The molecule has 1 heterocycles. The first kappa shape index (κ1) is 13.4. The Morgan fingerprint density at radius 3 is 2.62 bits per heavy atom. The first-order valence-electron chi connectivity index (χ1n) is 8.14. The molecule has 0 bridgehead atoms. The summed E-state index contributed by atoms with van der Waals surface area (Å²) in [5.74, 6) is 3.31. The van der Waals surface area contributed by atoms with Gasteiger partial charge in [-0.05, 0) is 48.2 Å². The van der Waals surface area contributed by atoms with Crippen LogP contribution < -0.4 is 0 Å². The molecule has 1 fully saturated rings. The molecule has 3 aliphatic rings. The molecule has 4 rings (SSSR count). The smallest absolute Gasteiger partial charge is 0.125 e. The van der Waals surface area contributed by atoms with E-state index in [4.69, 9.17) is 4.84 Å². The van der Waals surface area contributed by atoms with Crippen LogP contribution in [0.15, 0.2) is 41.7 Å². The van der Waals surface area contributed by atoms with E-state index in [0.717, 1.165) is 37.8 Å². The van der Waals surface area contributed by atoms with Crippen molar-refractivity contribution in [1.82, 2.24) is 5.06 Å². The van der Waals surface area contributed by atoms with Crippen molar-refractivity contribution in [3.63, 3.8) is 0 Å². The summed E-state index contributed by atoms with van der Waals surface area (Å²) in [4.78, 5) is 6.09. The lowest BCUT2D eigenvalue weighted by molar-refractivity contribution is -0.102. The van der Waals surface area contributed by atoms with E-state index in [1.165, 1.54) is 29.7 Å². The Balaban J connectivity index is 1.38. The van der Waals surface area contributed by atoms with Gasteiger partial charge in [-0.1, -0.05) is 30.3 Å². The first-order valence-corrected chi connectivity index (χ1v) is 8.14. The van der Waals surface area contributed by atoms with Gasteiger partial charge in [0.15, 0.2) is 0 Å². The Morgan fingerprint density at radius 2 is 1.86 bits per heavy atom. The number of hydroxylamine groups is 2. The summed E-state index contributed by atoms with van der Waals surface area (Å²) in [6.45, 7) is 2.19. The zero-order valence-corrected chi connectivity index (χ0v) is 12.4. The molecular formula is C18H23NO2. The summed E-state index contributed by atoms with van der Waals surface area (Å²) in [5, 5.41) is 11.5. The number of allylic oxidation sites excluding steroid dienone is 1. The molecule has 3 unspecified atom stereocenters. The summed E-state index contributed by atoms with van der Waals surface area (Å²) < 4.78 is 0. The second-order valence-electron chi connectivity index (χ2n) is 6.65. The van der Waals surface area contributed by atoms with Gasteiger partial charge < -0.3 is 9.94 Å². The minimum absolute atomic E-state index is 0.376. The van der Waals surface area contributed by atoms with Crippen LogP contribution in [0.1, 0.15) is 31.2 Å². The second kappa shape index (κ2) is 5.47. The van der Waals surface area contributed by atoms with Crippen LogP contribution in [-0.2, 0) is 11.4 Å². The van der Waals surface area contributed by atoms with Crippen LogP contribution >= 0.6 is 0 Å². The van der Waals surface area contributed by atoms with Crippen molar-refractivity contribution in [2.24, 2.45) is 17.8 Å². The van der Waals surface area contributed by atoms with E-state index in [2.05, 4.69) is 35.4 Å². The van der Waals surface area contributed by atoms with Crippen LogP contribution in [0.3, 0.4) is 0 Å². The highest BCUT2D eigenvalue weighted by atomic mass is 16.7. The predicted molar refractivity (Wildman–Crippen MR) is 81.0 cm³/mol.